The van der Waals surface area contributed by atoms with Crippen LogP contribution < -0.4 is 19.5 Å². The Morgan fingerprint density at radius 1 is 0.941 bits per heavy atom. The topological polar surface area (TPSA) is 109 Å². The van der Waals surface area contributed by atoms with Crippen LogP contribution >= 0.6 is 0 Å². The molecule has 0 saturated carbocycles. The van der Waals surface area contributed by atoms with Crippen LogP contribution in [0, 0.1) is 5.82 Å². The van der Waals surface area contributed by atoms with Gasteiger partial charge in [0.05, 0.1) is 24.9 Å². The number of rotatable bonds is 9. The summed E-state index contributed by atoms with van der Waals surface area (Å²) in [7, 11) is 3.08. The highest BCUT2D eigenvalue weighted by Crippen LogP contribution is 2.34. The molecule has 34 heavy (non-hydrogen) atoms. The molecule has 0 saturated heterocycles. The highest BCUT2D eigenvalue weighted by molar-refractivity contribution is 6.20. The molecule has 0 unspecified atom stereocenters. The Morgan fingerprint density at radius 2 is 1.74 bits per heavy atom. The van der Waals surface area contributed by atoms with Gasteiger partial charge in [-0.1, -0.05) is 0 Å². The first-order chi connectivity index (χ1) is 16.5. The number of carbonyl (C=O) groups excluding carboxylic acids is 2. The Hall–Kier alpha value is -4.31. The lowest BCUT2D eigenvalue weighted by molar-refractivity contribution is -0.116. The van der Waals surface area contributed by atoms with Crippen molar-refractivity contribution in [1.29, 1.82) is 0 Å². The summed E-state index contributed by atoms with van der Waals surface area (Å²) in [5.74, 6) is -0.185. The molecule has 1 heterocycles. The maximum atomic E-state index is 13.1. The summed E-state index contributed by atoms with van der Waals surface area (Å²) >= 11 is 0. The van der Waals surface area contributed by atoms with E-state index < -0.39 is 17.4 Å². The average molecular weight is 465 g/mol. The Morgan fingerprint density at radius 3 is 2.47 bits per heavy atom. The van der Waals surface area contributed by atoms with Crippen LogP contribution in [0.5, 0.6) is 17.2 Å². The van der Waals surface area contributed by atoms with Gasteiger partial charge in [-0.3, -0.25) is 9.59 Å². The van der Waals surface area contributed by atoms with Crippen LogP contribution in [-0.4, -0.2) is 49.0 Å². The number of carbonyl (C=O) groups is 2. The van der Waals surface area contributed by atoms with E-state index in [0.29, 0.717) is 41.4 Å². The van der Waals surface area contributed by atoms with Gasteiger partial charge in [0.25, 0.3) is 0 Å². The number of ether oxygens (including phenoxy) is 4. The number of benzene rings is 2. The molecule has 0 atom stereocenters. The lowest BCUT2D eigenvalue weighted by atomic mass is 10.1. The number of halogens is 1. The van der Waals surface area contributed by atoms with Crippen molar-refractivity contribution >= 4 is 28.3 Å². The normalized spacial score (nSPS) is 13.4. The molecule has 2 aromatic carbocycles. The van der Waals surface area contributed by atoms with Crippen LogP contribution in [0.3, 0.4) is 0 Å². The number of allylic oxidation sites excluding steroid dienone is 2. The highest BCUT2D eigenvalue weighted by Gasteiger charge is 2.23. The summed E-state index contributed by atoms with van der Waals surface area (Å²) in [5.41, 5.74) is 0.549. The number of nitrogens with zero attached hydrogens (tertiary/aromatic N) is 2. The van der Waals surface area contributed by atoms with Crippen LogP contribution in [0.15, 0.2) is 66.3 Å². The summed E-state index contributed by atoms with van der Waals surface area (Å²) in [5, 5.41) is 3.45. The van der Waals surface area contributed by atoms with Crippen molar-refractivity contribution in [2.45, 2.75) is 0 Å². The van der Waals surface area contributed by atoms with Gasteiger partial charge in [0, 0.05) is 30.7 Å². The third-order valence-corrected chi connectivity index (χ3v) is 4.81. The number of fused-ring (bicyclic) bond motifs is 1. The third-order valence-electron chi connectivity index (χ3n) is 4.81. The molecule has 1 N–H and O–H groups in total. The summed E-state index contributed by atoms with van der Waals surface area (Å²) in [6.07, 6.45) is 3.51. The van der Waals surface area contributed by atoms with E-state index in [1.807, 2.05) is 0 Å². The number of anilines is 1. The molecule has 0 aliphatic heterocycles. The van der Waals surface area contributed by atoms with Crippen LogP contribution in [0.1, 0.15) is 0 Å². The number of nitrogens with one attached hydrogen (secondary N) is 1. The minimum atomic E-state index is -0.531. The molecule has 1 aliphatic rings. The van der Waals surface area contributed by atoms with Gasteiger partial charge in [-0.2, -0.15) is 0 Å². The average Bonchev–Trinajstić information content (AvgIpc) is 2.83. The standard InChI is InChI=1S/C24H20FN3O6/c1-31-7-8-33-23-11-17-16(9-22(23)32-2)24(27-13-26-17)28-18-10-20(30)21(12-19(18)29)34-15-5-3-14(25)4-6-15/h3-6,9-13H,7-8H2,1-2H3,(H,26,27,28). The maximum absolute atomic E-state index is 13.1. The number of hydrogen-bond donors (Lipinski definition) is 1. The van der Waals surface area contributed by atoms with E-state index in [4.69, 9.17) is 18.9 Å². The van der Waals surface area contributed by atoms with Crippen LogP contribution in [0.25, 0.3) is 10.9 Å². The zero-order valence-corrected chi connectivity index (χ0v) is 18.3. The first-order valence-corrected chi connectivity index (χ1v) is 10.2. The van der Waals surface area contributed by atoms with Crippen molar-refractivity contribution in [3.63, 3.8) is 0 Å². The van der Waals surface area contributed by atoms with Crippen molar-refractivity contribution in [2.24, 2.45) is 0 Å². The van der Waals surface area contributed by atoms with Crippen LogP contribution in [-0.2, 0) is 14.3 Å². The quantitative estimate of drug-likeness (QED) is 0.376. The smallest absolute Gasteiger partial charge is 0.223 e. The van der Waals surface area contributed by atoms with E-state index in [2.05, 4.69) is 15.3 Å². The number of ketones is 2. The molecular weight excluding hydrogens is 445 g/mol. The minimum absolute atomic E-state index is 0.0100. The first-order valence-electron chi connectivity index (χ1n) is 10.2. The molecular formula is C24H20FN3O6. The second-order valence-corrected chi connectivity index (χ2v) is 7.06. The highest BCUT2D eigenvalue weighted by atomic mass is 19.1. The van der Waals surface area contributed by atoms with Gasteiger partial charge < -0.3 is 24.3 Å². The fraction of sp³-hybridized carbons (Fsp3) is 0.167. The fourth-order valence-electron chi connectivity index (χ4n) is 3.15. The predicted molar refractivity (Wildman–Crippen MR) is 120 cm³/mol. The summed E-state index contributed by atoms with van der Waals surface area (Å²) in [6, 6.07) is 8.47. The van der Waals surface area contributed by atoms with Crippen LogP contribution in [0.2, 0.25) is 0 Å². The summed E-state index contributed by atoms with van der Waals surface area (Å²) < 4.78 is 34.6. The molecule has 0 bridgehead atoms. The van der Waals surface area contributed by atoms with Gasteiger partial charge in [0.1, 0.15) is 30.3 Å². The van der Waals surface area contributed by atoms with E-state index in [9.17, 15) is 14.0 Å². The van der Waals surface area contributed by atoms with E-state index in [0.717, 1.165) is 12.2 Å². The molecule has 0 fully saturated rings. The Labute approximate surface area is 193 Å². The first kappa shape index (κ1) is 22.9. The molecule has 3 aromatic rings. The molecule has 9 nitrogen and oxygen atoms in total. The van der Waals surface area contributed by atoms with Crippen molar-refractivity contribution in [3.05, 3.63) is 72.2 Å². The Kier molecular flexibility index (Phi) is 6.79. The molecule has 0 amide bonds. The van der Waals surface area contributed by atoms with Crippen molar-refractivity contribution in [1.82, 2.24) is 9.97 Å². The van der Waals surface area contributed by atoms with Crippen molar-refractivity contribution in [2.75, 3.05) is 32.8 Å². The molecule has 0 spiro atoms. The van der Waals surface area contributed by atoms with E-state index in [-0.39, 0.29) is 17.2 Å². The predicted octanol–water partition coefficient (Wildman–Crippen LogP) is 3.21. The fourth-order valence-corrected chi connectivity index (χ4v) is 3.15. The van der Waals surface area contributed by atoms with Gasteiger partial charge in [-0.15, -0.1) is 0 Å². The lowest BCUT2D eigenvalue weighted by Gasteiger charge is -2.16. The lowest BCUT2D eigenvalue weighted by Crippen LogP contribution is -2.21. The number of aromatic nitrogens is 2. The zero-order valence-electron chi connectivity index (χ0n) is 18.3. The molecule has 4 rings (SSSR count). The van der Waals surface area contributed by atoms with E-state index in [1.165, 1.54) is 37.7 Å². The van der Waals surface area contributed by atoms with Crippen molar-refractivity contribution in [3.8, 4) is 17.2 Å². The van der Waals surface area contributed by atoms with Crippen molar-refractivity contribution < 1.29 is 32.9 Å². The number of hydrogen-bond acceptors (Lipinski definition) is 9. The Bertz CT molecular complexity index is 1300. The third kappa shape index (κ3) is 5.02. The number of methoxy groups -OCH3 is 2. The SMILES string of the molecule is COCCOc1cc2ncnc(NC3=CC(=O)C(Oc4ccc(F)cc4)=CC3=O)c2cc1OC. The van der Waals surface area contributed by atoms with Gasteiger partial charge in [-0.25, -0.2) is 14.4 Å². The summed E-state index contributed by atoms with van der Waals surface area (Å²) in [4.78, 5) is 33.6. The molecule has 174 valence electrons. The largest absolute Gasteiger partial charge is 0.493 e. The van der Waals surface area contributed by atoms with Gasteiger partial charge in [0.15, 0.2) is 17.3 Å². The monoisotopic (exact) mass is 465 g/mol. The molecule has 1 aromatic heterocycles. The van der Waals surface area contributed by atoms with Crippen LogP contribution in [0.4, 0.5) is 10.2 Å². The van der Waals surface area contributed by atoms with Gasteiger partial charge >= 0.3 is 0 Å². The zero-order chi connectivity index (χ0) is 24.1. The summed E-state index contributed by atoms with van der Waals surface area (Å²) in [6.45, 7) is 0.731. The minimum Gasteiger partial charge on any atom is -0.493 e. The molecule has 1 aliphatic carbocycles. The van der Waals surface area contributed by atoms with Gasteiger partial charge in [0.2, 0.25) is 11.6 Å². The van der Waals surface area contributed by atoms with Gasteiger partial charge in [-0.05, 0) is 30.3 Å². The molecule has 10 heteroatoms. The Balaban J connectivity index is 1.56. The van der Waals surface area contributed by atoms with E-state index >= 15 is 0 Å². The second-order valence-electron chi connectivity index (χ2n) is 7.06. The maximum Gasteiger partial charge on any atom is 0.223 e. The van der Waals surface area contributed by atoms with E-state index in [1.54, 1.807) is 19.2 Å². The molecule has 0 radical (unpaired) electrons. The second kappa shape index (κ2) is 10.1.